The predicted molar refractivity (Wildman–Crippen MR) is 102 cm³/mol. The van der Waals surface area contributed by atoms with Gasteiger partial charge < -0.3 is 5.32 Å². The molecular formula is C19H25N3O3S. The number of benzene rings is 1. The maximum Gasteiger partial charge on any atom is 0.251 e. The number of nitrogens with zero attached hydrogens (tertiary/aromatic N) is 2. The van der Waals surface area contributed by atoms with Gasteiger partial charge in [0.15, 0.2) is 0 Å². The van der Waals surface area contributed by atoms with Gasteiger partial charge in [0.05, 0.1) is 4.90 Å². The lowest BCUT2D eigenvalue weighted by Gasteiger charge is -2.18. The summed E-state index contributed by atoms with van der Waals surface area (Å²) in [4.78, 5) is 16.7. The molecule has 0 aliphatic heterocycles. The third kappa shape index (κ3) is 4.89. The number of hydrogen-bond donors (Lipinski definition) is 1. The topological polar surface area (TPSA) is 79.4 Å². The van der Waals surface area contributed by atoms with E-state index >= 15 is 0 Å². The standard InChI is InChI=1S/C19H25N3O3S/c1-4-22(5-2)26(24,25)18-8-6-7-17(13-18)19(23)20-12-11-16-10-9-15(3)21-14-16/h6-10,13-14H,4-5,11-12H2,1-3H3,(H,20,23). The molecule has 1 aromatic carbocycles. The van der Waals surface area contributed by atoms with Gasteiger partial charge in [-0.1, -0.05) is 26.0 Å². The van der Waals surface area contributed by atoms with Crippen LogP contribution in [0, 0.1) is 6.92 Å². The Bertz CT molecular complexity index is 845. The normalized spacial score (nSPS) is 11.5. The molecule has 1 heterocycles. The van der Waals surface area contributed by atoms with E-state index in [1.807, 2.05) is 19.1 Å². The molecule has 7 heteroatoms. The second kappa shape index (κ2) is 8.91. The highest BCUT2D eigenvalue weighted by molar-refractivity contribution is 7.89. The zero-order chi connectivity index (χ0) is 19.2. The van der Waals surface area contributed by atoms with Crippen molar-refractivity contribution in [2.24, 2.45) is 0 Å². The lowest BCUT2D eigenvalue weighted by Crippen LogP contribution is -2.31. The molecule has 0 radical (unpaired) electrons. The number of sulfonamides is 1. The van der Waals surface area contributed by atoms with Crippen molar-refractivity contribution in [3.05, 3.63) is 59.4 Å². The van der Waals surface area contributed by atoms with Crippen molar-refractivity contribution >= 4 is 15.9 Å². The molecule has 2 aromatic rings. The molecule has 0 fully saturated rings. The molecule has 0 atom stereocenters. The average Bonchev–Trinajstić information content (AvgIpc) is 2.64. The Morgan fingerprint density at radius 1 is 1.15 bits per heavy atom. The minimum absolute atomic E-state index is 0.136. The largest absolute Gasteiger partial charge is 0.352 e. The molecule has 1 N–H and O–H groups in total. The minimum atomic E-state index is -3.58. The Balaban J connectivity index is 2.04. The molecule has 0 bridgehead atoms. The summed E-state index contributed by atoms with van der Waals surface area (Å²) in [5, 5.41) is 2.82. The summed E-state index contributed by atoms with van der Waals surface area (Å²) in [5.74, 6) is -0.290. The molecular weight excluding hydrogens is 350 g/mol. The van der Waals surface area contributed by atoms with Crippen molar-refractivity contribution in [1.29, 1.82) is 0 Å². The van der Waals surface area contributed by atoms with Crippen LogP contribution in [-0.2, 0) is 16.4 Å². The van der Waals surface area contributed by atoms with Gasteiger partial charge in [-0.15, -0.1) is 0 Å². The van der Waals surface area contributed by atoms with Crippen molar-refractivity contribution in [3.63, 3.8) is 0 Å². The van der Waals surface area contributed by atoms with E-state index in [2.05, 4.69) is 10.3 Å². The molecule has 140 valence electrons. The van der Waals surface area contributed by atoms with Gasteiger partial charge in [-0.3, -0.25) is 9.78 Å². The summed E-state index contributed by atoms with van der Waals surface area (Å²) in [6.45, 7) is 6.73. The van der Waals surface area contributed by atoms with Crippen LogP contribution in [0.5, 0.6) is 0 Å². The van der Waals surface area contributed by atoms with E-state index in [-0.39, 0.29) is 10.8 Å². The summed E-state index contributed by atoms with van der Waals surface area (Å²) in [6, 6.07) is 10.1. The molecule has 6 nitrogen and oxygen atoms in total. The van der Waals surface area contributed by atoms with Crippen LogP contribution in [0.3, 0.4) is 0 Å². The first-order chi connectivity index (χ1) is 12.4. The molecule has 0 spiro atoms. The number of hydrogen-bond acceptors (Lipinski definition) is 4. The number of carbonyl (C=O) groups excluding carboxylic acids is 1. The molecule has 26 heavy (non-hydrogen) atoms. The second-order valence-corrected chi connectivity index (χ2v) is 7.87. The van der Waals surface area contributed by atoms with Gasteiger partial charge in [0, 0.05) is 37.1 Å². The minimum Gasteiger partial charge on any atom is -0.352 e. The SMILES string of the molecule is CCN(CC)S(=O)(=O)c1cccc(C(=O)NCCc2ccc(C)nc2)c1. The van der Waals surface area contributed by atoms with Crippen molar-refractivity contribution < 1.29 is 13.2 Å². The van der Waals surface area contributed by atoms with Gasteiger partial charge in [-0.25, -0.2) is 8.42 Å². The predicted octanol–water partition coefficient (Wildman–Crippen LogP) is 2.39. The lowest BCUT2D eigenvalue weighted by atomic mass is 10.2. The van der Waals surface area contributed by atoms with Crippen molar-refractivity contribution in [3.8, 4) is 0 Å². The maximum atomic E-state index is 12.6. The third-order valence-corrected chi connectivity index (χ3v) is 6.16. The van der Waals surface area contributed by atoms with Crippen LogP contribution in [0.15, 0.2) is 47.5 Å². The van der Waals surface area contributed by atoms with E-state index in [4.69, 9.17) is 0 Å². The highest BCUT2D eigenvalue weighted by atomic mass is 32.2. The summed E-state index contributed by atoms with van der Waals surface area (Å²) < 4.78 is 26.5. The summed E-state index contributed by atoms with van der Waals surface area (Å²) >= 11 is 0. The molecule has 1 amide bonds. The molecule has 0 aliphatic carbocycles. The number of carbonyl (C=O) groups is 1. The van der Waals surface area contributed by atoms with E-state index < -0.39 is 10.0 Å². The van der Waals surface area contributed by atoms with Gasteiger partial charge in [-0.2, -0.15) is 4.31 Å². The van der Waals surface area contributed by atoms with Crippen molar-refractivity contribution in [2.45, 2.75) is 32.1 Å². The van der Waals surface area contributed by atoms with Crippen LogP contribution >= 0.6 is 0 Å². The van der Waals surface area contributed by atoms with Crippen LogP contribution in [0.4, 0.5) is 0 Å². The number of aryl methyl sites for hydroxylation is 1. The van der Waals surface area contributed by atoms with E-state index in [0.29, 0.717) is 31.6 Å². The summed E-state index contributed by atoms with van der Waals surface area (Å²) in [5.41, 5.74) is 2.32. The van der Waals surface area contributed by atoms with E-state index in [1.165, 1.54) is 16.4 Å². The van der Waals surface area contributed by atoms with Crippen LogP contribution in [-0.4, -0.2) is 43.2 Å². The Kier molecular flexibility index (Phi) is 6.88. The maximum absolute atomic E-state index is 12.6. The smallest absolute Gasteiger partial charge is 0.251 e. The monoisotopic (exact) mass is 375 g/mol. The molecule has 2 rings (SSSR count). The Hall–Kier alpha value is -2.25. The molecule has 0 unspecified atom stereocenters. The second-order valence-electron chi connectivity index (χ2n) is 5.93. The van der Waals surface area contributed by atoms with E-state index in [1.54, 1.807) is 32.2 Å². The van der Waals surface area contributed by atoms with Gasteiger partial charge in [-0.05, 0) is 43.2 Å². The van der Waals surface area contributed by atoms with Crippen molar-refractivity contribution in [2.75, 3.05) is 19.6 Å². The van der Waals surface area contributed by atoms with Crippen molar-refractivity contribution in [1.82, 2.24) is 14.6 Å². The number of amides is 1. The molecule has 0 saturated carbocycles. The van der Waals surface area contributed by atoms with Gasteiger partial charge in [0.1, 0.15) is 0 Å². The number of aromatic nitrogens is 1. The van der Waals surface area contributed by atoms with Crippen LogP contribution in [0.2, 0.25) is 0 Å². The number of pyridine rings is 1. The van der Waals surface area contributed by atoms with Crippen LogP contribution < -0.4 is 5.32 Å². The number of rotatable bonds is 8. The molecule has 0 saturated heterocycles. The van der Waals surface area contributed by atoms with Crippen LogP contribution in [0.1, 0.15) is 35.5 Å². The first-order valence-corrected chi connectivity index (χ1v) is 10.1. The Morgan fingerprint density at radius 2 is 1.88 bits per heavy atom. The fraction of sp³-hybridized carbons (Fsp3) is 0.368. The highest BCUT2D eigenvalue weighted by Crippen LogP contribution is 2.17. The van der Waals surface area contributed by atoms with Gasteiger partial charge in [0.2, 0.25) is 10.0 Å². The Morgan fingerprint density at radius 3 is 2.50 bits per heavy atom. The lowest BCUT2D eigenvalue weighted by molar-refractivity contribution is 0.0954. The van der Waals surface area contributed by atoms with Gasteiger partial charge >= 0.3 is 0 Å². The van der Waals surface area contributed by atoms with E-state index in [0.717, 1.165) is 11.3 Å². The molecule has 0 aliphatic rings. The first kappa shape index (κ1) is 20.1. The van der Waals surface area contributed by atoms with Crippen LogP contribution in [0.25, 0.3) is 0 Å². The number of nitrogens with one attached hydrogen (secondary N) is 1. The van der Waals surface area contributed by atoms with Gasteiger partial charge in [0.25, 0.3) is 5.91 Å². The zero-order valence-electron chi connectivity index (χ0n) is 15.4. The third-order valence-electron chi connectivity index (χ3n) is 4.11. The summed E-state index contributed by atoms with van der Waals surface area (Å²) in [7, 11) is -3.58. The summed E-state index contributed by atoms with van der Waals surface area (Å²) in [6.07, 6.45) is 2.45. The fourth-order valence-corrected chi connectivity index (χ4v) is 4.08. The Labute approximate surface area is 155 Å². The molecule has 1 aromatic heterocycles. The highest BCUT2D eigenvalue weighted by Gasteiger charge is 2.22. The first-order valence-electron chi connectivity index (χ1n) is 8.68. The average molecular weight is 375 g/mol. The quantitative estimate of drug-likeness (QED) is 0.768. The zero-order valence-corrected chi connectivity index (χ0v) is 16.2. The van der Waals surface area contributed by atoms with E-state index in [9.17, 15) is 13.2 Å². The fourth-order valence-electron chi connectivity index (χ4n) is 2.58.